The van der Waals surface area contributed by atoms with E-state index in [1.807, 2.05) is 30.0 Å². The van der Waals surface area contributed by atoms with Crippen LogP contribution in [0.5, 0.6) is 5.88 Å². The molecule has 1 heterocycles. The van der Waals surface area contributed by atoms with E-state index in [2.05, 4.69) is 16.6 Å². The fraction of sp³-hybridized carbons (Fsp3) is 0.615. The average Bonchev–Trinajstić information content (AvgIpc) is 2.38. The maximum Gasteiger partial charge on any atom is 0.214 e. The maximum absolute atomic E-state index is 5.07. The van der Waals surface area contributed by atoms with Gasteiger partial charge in [-0.3, -0.25) is 0 Å². The molecule has 0 saturated carbocycles. The third kappa shape index (κ3) is 6.41. The molecule has 4 heteroatoms. The van der Waals surface area contributed by atoms with Crippen LogP contribution in [0.25, 0.3) is 0 Å². The normalized spacial score (nSPS) is 10.2. The van der Waals surface area contributed by atoms with E-state index in [1.165, 1.54) is 31.4 Å². The van der Waals surface area contributed by atoms with Crippen molar-refractivity contribution in [3.63, 3.8) is 0 Å². The minimum atomic E-state index is 0.662. The standard InChI is InChI=1S/C13H22N2OS/c1-16-13-9-7-8-12(15-13)14-10-5-3-4-6-11-17-2/h7-9H,3-6,10-11H2,1-2H3,(H,14,15). The highest BCUT2D eigenvalue weighted by Gasteiger charge is 1.96. The predicted octanol–water partition coefficient (Wildman–Crippen LogP) is 3.43. The molecule has 1 rings (SSSR count). The average molecular weight is 254 g/mol. The van der Waals surface area contributed by atoms with Gasteiger partial charge in [0.25, 0.3) is 0 Å². The van der Waals surface area contributed by atoms with Gasteiger partial charge < -0.3 is 10.1 Å². The molecular weight excluding hydrogens is 232 g/mol. The highest BCUT2D eigenvalue weighted by Crippen LogP contribution is 2.11. The SMILES string of the molecule is COc1cccc(NCCCCCCSC)n1. The molecular formula is C13H22N2OS. The van der Waals surface area contributed by atoms with E-state index in [0.717, 1.165) is 12.4 Å². The molecule has 0 radical (unpaired) electrons. The molecule has 0 atom stereocenters. The summed E-state index contributed by atoms with van der Waals surface area (Å²) in [6, 6.07) is 5.77. The Bertz CT molecular complexity index is 307. The van der Waals surface area contributed by atoms with Crippen LogP contribution in [0.3, 0.4) is 0 Å². The molecule has 0 aliphatic carbocycles. The smallest absolute Gasteiger partial charge is 0.214 e. The van der Waals surface area contributed by atoms with Gasteiger partial charge in [0.1, 0.15) is 5.82 Å². The Hall–Kier alpha value is -0.900. The van der Waals surface area contributed by atoms with E-state index in [9.17, 15) is 0 Å². The van der Waals surface area contributed by atoms with Crippen LogP contribution in [0, 0.1) is 0 Å². The van der Waals surface area contributed by atoms with Crippen molar-refractivity contribution in [3.8, 4) is 5.88 Å². The number of unbranched alkanes of at least 4 members (excludes halogenated alkanes) is 3. The summed E-state index contributed by atoms with van der Waals surface area (Å²) in [6.45, 7) is 0.986. The second-order valence-corrected chi connectivity index (χ2v) is 4.88. The fourth-order valence-corrected chi connectivity index (χ4v) is 2.06. The highest BCUT2D eigenvalue weighted by molar-refractivity contribution is 7.98. The molecule has 1 aromatic heterocycles. The molecule has 0 spiro atoms. The van der Waals surface area contributed by atoms with Crippen LogP contribution < -0.4 is 10.1 Å². The zero-order valence-electron chi connectivity index (χ0n) is 10.7. The Morgan fingerprint density at radius 3 is 2.82 bits per heavy atom. The van der Waals surface area contributed by atoms with Crippen molar-refractivity contribution in [1.29, 1.82) is 0 Å². The van der Waals surface area contributed by atoms with Gasteiger partial charge in [-0.2, -0.15) is 16.7 Å². The number of hydrogen-bond acceptors (Lipinski definition) is 4. The molecule has 0 fully saturated rings. The van der Waals surface area contributed by atoms with Crippen molar-refractivity contribution in [1.82, 2.24) is 4.98 Å². The number of rotatable bonds is 9. The van der Waals surface area contributed by atoms with Crippen LogP contribution in [-0.2, 0) is 0 Å². The number of anilines is 1. The topological polar surface area (TPSA) is 34.1 Å². The van der Waals surface area contributed by atoms with Crippen molar-refractivity contribution in [2.75, 3.05) is 31.0 Å². The Morgan fingerprint density at radius 2 is 2.06 bits per heavy atom. The number of hydrogen-bond donors (Lipinski definition) is 1. The van der Waals surface area contributed by atoms with Crippen molar-refractivity contribution < 1.29 is 4.74 Å². The van der Waals surface area contributed by atoms with Gasteiger partial charge >= 0.3 is 0 Å². The van der Waals surface area contributed by atoms with Gasteiger partial charge in [0.15, 0.2) is 0 Å². The van der Waals surface area contributed by atoms with Crippen molar-refractivity contribution in [2.45, 2.75) is 25.7 Å². The first kappa shape index (κ1) is 14.2. The minimum Gasteiger partial charge on any atom is -0.481 e. The fourth-order valence-electron chi connectivity index (χ4n) is 1.57. The van der Waals surface area contributed by atoms with E-state index in [4.69, 9.17) is 4.74 Å². The quantitative estimate of drug-likeness (QED) is 0.685. The lowest BCUT2D eigenvalue weighted by atomic mass is 10.2. The number of ether oxygens (including phenoxy) is 1. The van der Waals surface area contributed by atoms with Crippen LogP contribution >= 0.6 is 11.8 Å². The minimum absolute atomic E-state index is 0.662. The van der Waals surface area contributed by atoms with Crippen LogP contribution in [-0.4, -0.2) is 30.6 Å². The third-order valence-corrected chi connectivity index (χ3v) is 3.21. The maximum atomic E-state index is 5.07. The number of nitrogens with zero attached hydrogens (tertiary/aromatic N) is 1. The molecule has 1 N–H and O–H groups in total. The van der Waals surface area contributed by atoms with Crippen molar-refractivity contribution in [3.05, 3.63) is 18.2 Å². The molecule has 0 saturated heterocycles. The van der Waals surface area contributed by atoms with Gasteiger partial charge in [0, 0.05) is 12.6 Å². The van der Waals surface area contributed by atoms with E-state index < -0.39 is 0 Å². The lowest BCUT2D eigenvalue weighted by molar-refractivity contribution is 0.398. The molecule has 0 unspecified atom stereocenters. The molecule has 0 amide bonds. The first-order chi connectivity index (χ1) is 8.36. The molecule has 0 aromatic carbocycles. The van der Waals surface area contributed by atoms with Gasteiger partial charge in [-0.15, -0.1) is 0 Å². The molecule has 96 valence electrons. The Morgan fingerprint density at radius 1 is 1.24 bits per heavy atom. The van der Waals surface area contributed by atoms with E-state index in [-0.39, 0.29) is 0 Å². The molecule has 0 aliphatic heterocycles. The van der Waals surface area contributed by atoms with Crippen molar-refractivity contribution >= 4 is 17.6 Å². The van der Waals surface area contributed by atoms with Crippen LogP contribution in [0.4, 0.5) is 5.82 Å². The van der Waals surface area contributed by atoms with Gasteiger partial charge in [-0.1, -0.05) is 18.9 Å². The largest absolute Gasteiger partial charge is 0.481 e. The predicted molar refractivity (Wildman–Crippen MR) is 76.1 cm³/mol. The molecule has 3 nitrogen and oxygen atoms in total. The zero-order valence-corrected chi connectivity index (χ0v) is 11.6. The summed E-state index contributed by atoms with van der Waals surface area (Å²) in [7, 11) is 1.64. The van der Waals surface area contributed by atoms with Gasteiger partial charge in [0.2, 0.25) is 5.88 Å². The van der Waals surface area contributed by atoms with Crippen molar-refractivity contribution in [2.24, 2.45) is 0 Å². The summed E-state index contributed by atoms with van der Waals surface area (Å²) in [5.41, 5.74) is 0. The number of aromatic nitrogens is 1. The number of methoxy groups -OCH3 is 1. The van der Waals surface area contributed by atoms with Gasteiger partial charge in [-0.25, -0.2) is 0 Å². The first-order valence-electron chi connectivity index (χ1n) is 6.10. The Labute approximate surface area is 108 Å². The second-order valence-electron chi connectivity index (χ2n) is 3.90. The lowest BCUT2D eigenvalue weighted by Gasteiger charge is -2.06. The van der Waals surface area contributed by atoms with Crippen LogP contribution in [0.1, 0.15) is 25.7 Å². The van der Waals surface area contributed by atoms with Crippen LogP contribution in [0.15, 0.2) is 18.2 Å². The zero-order chi connectivity index (χ0) is 12.3. The lowest BCUT2D eigenvalue weighted by Crippen LogP contribution is -2.03. The molecule has 17 heavy (non-hydrogen) atoms. The summed E-state index contributed by atoms with van der Waals surface area (Å²) < 4.78 is 5.07. The number of nitrogens with one attached hydrogen (secondary N) is 1. The Balaban J connectivity index is 2.09. The Kier molecular flexibility index (Phi) is 7.63. The highest BCUT2D eigenvalue weighted by atomic mass is 32.2. The number of thioether (sulfide) groups is 1. The monoisotopic (exact) mass is 254 g/mol. The van der Waals surface area contributed by atoms with E-state index in [0.29, 0.717) is 5.88 Å². The first-order valence-corrected chi connectivity index (χ1v) is 7.50. The summed E-state index contributed by atoms with van der Waals surface area (Å²) >= 11 is 1.93. The summed E-state index contributed by atoms with van der Waals surface area (Å²) in [6.07, 6.45) is 7.31. The van der Waals surface area contributed by atoms with Gasteiger partial charge in [0.05, 0.1) is 7.11 Å². The second kappa shape index (κ2) is 9.16. The summed E-state index contributed by atoms with van der Waals surface area (Å²) in [4.78, 5) is 4.30. The van der Waals surface area contributed by atoms with Crippen LogP contribution in [0.2, 0.25) is 0 Å². The molecule has 1 aromatic rings. The summed E-state index contributed by atoms with van der Waals surface area (Å²) in [5.74, 6) is 2.84. The van der Waals surface area contributed by atoms with E-state index >= 15 is 0 Å². The third-order valence-electron chi connectivity index (χ3n) is 2.51. The molecule has 0 aliphatic rings. The van der Waals surface area contributed by atoms with E-state index in [1.54, 1.807) is 7.11 Å². The number of pyridine rings is 1. The molecule has 0 bridgehead atoms. The van der Waals surface area contributed by atoms with Gasteiger partial charge in [-0.05, 0) is 30.9 Å². The summed E-state index contributed by atoms with van der Waals surface area (Å²) in [5, 5.41) is 3.31.